The molecule has 0 bridgehead atoms. The van der Waals surface area contributed by atoms with Crippen LogP contribution < -0.4 is 14.8 Å². The molecule has 100 valence electrons. The van der Waals surface area contributed by atoms with Gasteiger partial charge < -0.3 is 14.8 Å². The Balaban J connectivity index is 2.29. The van der Waals surface area contributed by atoms with Gasteiger partial charge in [-0.05, 0) is 42.5 Å². The van der Waals surface area contributed by atoms with E-state index in [1.165, 1.54) is 0 Å². The van der Waals surface area contributed by atoms with E-state index in [0.717, 1.165) is 17.3 Å². The Bertz CT molecular complexity index is 555. The zero-order valence-corrected chi connectivity index (χ0v) is 11.5. The molecular formula is C13H14N2O3S. The van der Waals surface area contributed by atoms with E-state index in [-0.39, 0.29) is 11.1 Å². The standard InChI is InChI=1S/C13H14N2O3S/c1-3-18-9-5-4-8(6-10(9)17-2)7-11-12(16)15-13(14)19-11/h4-7H,3H2,1-2H3,(H2,14,15,16)/b11-7+. The summed E-state index contributed by atoms with van der Waals surface area (Å²) in [6, 6.07) is 5.45. The molecule has 0 aromatic heterocycles. The third-order valence-corrected chi connectivity index (χ3v) is 3.28. The number of thioether (sulfide) groups is 1. The molecule has 5 nitrogen and oxygen atoms in total. The first kappa shape index (κ1) is 13.5. The lowest BCUT2D eigenvalue weighted by atomic mass is 10.2. The summed E-state index contributed by atoms with van der Waals surface area (Å²) in [6.45, 7) is 2.46. The van der Waals surface area contributed by atoms with Gasteiger partial charge in [-0.25, -0.2) is 0 Å². The second-order valence-corrected chi connectivity index (χ2v) is 4.79. The van der Waals surface area contributed by atoms with Crippen LogP contribution in [0.4, 0.5) is 0 Å². The van der Waals surface area contributed by atoms with Crippen molar-refractivity contribution in [2.45, 2.75) is 6.92 Å². The molecule has 1 fully saturated rings. The minimum atomic E-state index is -0.247. The van der Waals surface area contributed by atoms with Gasteiger partial charge in [0.25, 0.3) is 5.91 Å². The number of amidine groups is 1. The van der Waals surface area contributed by atoms with Gasteiger partial charge in [-0.2, -0.15) is 0 Å². The molecule has 1 heterocycles. The molecule has 0 atom stereocenters. The summed E-state index contributed by atoms with van der Waals surface area (Å²) < 4.78 is 10.7. The highest BCUT2D eigenvalue weighted by atomic mass is 32.2. The van der Waals surface area contributed by atoms with Crippen molar-refractivity contribution in [3.05, 3.63) is 28.7 Å². The lowest BCUT2D eigenvalue weighted by Gasteiger charge is -2.09. The van der Waals surface area contributed by atoms with Gasteiger partial charge in [0.15, 0.2) is 16.7 Å². The Morgan fingerprint density at radius 3 is 2.79 bits per heavy atom. The summed E-state index contributed by atoms with van der Waals surface area (Å²) in [7, 11) is 1.57. The van der Waals surface area contributed by atoms with Gasteiger partial charge in [-0.3, -0.25) is 10.2 Å². The van der Waals surface area contributed by atoms with Crippen LogP contribution in [0.5, 0.6) is 11.5 Å². The maximum absolute atomic E-state index is 11.5. The first-order chi connectivity index (χ1) is 9.13. The SMILES string of the molecule is CCOc1ccc(/C=C2/SC(=N)NC2=O)cc1OC. The van der Waals surface area contributed by atoms with Crippen LogP contribution in [0.1, 0.15) is 12.5 Å². The van der Waals surface area contributed by atoms with Gasteiger partial charge in [-0.1, -0.05) is 6.07 Å². The lowest BCUT2D eigenvalue weighted by Crippen LogP contribution is -2.18. The van der Waals surface area contributed by atoms with Crippen molar-refractivity contribution in [3.63, 3.8) is 0 Å². The number of hydrogen-bond donors (Lipinski definition) is 2. The van der Waals surface area contributed by atoms with E-state index >= 15 is 0 Å². The fourth-order valence-corrected chi connectivity index (χ4v) is 2.34. The van der Waals surface area contributed by atoms with Crippen molar-refractivity contribution in [1.82, 2.24) is 5.32 Å². The molecule has 2 rings (SSSR count). The van der Waals surface area contributed by atoms with Crippen LogP contribution in [0.2, 0.25) is 0 Å². The van der Waals surface area contributed by atoms with Gasteiger partial charge in [-0.15, -0.1) is 0 Å². The second-order valence-electron chi connectivity index (χ2n) is 3.74. The summed E-state index contributed by atoms with van der Waals surface area (Å²) in [6.07, 6.45) is 1.72. The quantitative estimate of drug-likeness (QED) is 0.828. The molecule has 1 aliphatic rings. The van der Waals surface area contributed by atoms with Crippen LogP contribution in [0.3, 0.4) is 0 Å². The van der Waals surface area contributed by atoms with Gasteiger partial charge in [0.2, 0.25) is 0 Å². The Hall–Kier alpha value is -1.95. The summed E-state index contributed by atoms with van der Waals surface area (Å²) in [4.78, 5) is 12.0. The average Bonchev–Trinajstić information content (AvgIpc) is 2.70. The Labute approximate surface area is 115 Å². The lowest BCUT2D eigenvalue weighted by molar-refractivity contribution is -0.115. The van der Waals surface area contributed by atoms with Crippen LogP contribution in [0, 0.1) is 5.41 Å². The molecule has 2 N–H and O–H groups in total. The van der Waals surface area contributed by atoms with Crippen LogP contribution in [-0.2, 0) is 4.79 Å². The molecule has 19 heavy (non-hydrogen) atoms. The molecule has 1 amide bonds. The number of benzene rings is 1. The van der Waals surface area contributed by atoms with E-state index in [2.05, 4.69) is 5.32 Å². The molecule has 1 aromatic carbocycles. The molecular weight excluding hydrogens is 264 g/mol. The molecule has 0 radical (unpaired) electrons. The summed E-state index contributed by atoms with van der Waals surface area (Å²) in [5, 5.41) is 9.97. The van der Waals surface area contributed by atoms with E-state index in [0.29, 0.717) is 23.0 Å². The average molecular weight is 278 g/mol. The smallest absolute Gasteiger partial charge is 0.264 e. The van der Waals surface area contributed by atoms with Crippen LogP contribution in [-0.4, -0.2) is 24.8 Å². The predicted octanol–water partition coefficient (Wildman–Crippen LogP) is 2.23. The van der Waals surface area contributed by atoms with E-state index in [4.69, 9.17) is 14.9 Å². The minimum absolute atomic E-state index is 0.147. The largest absolute Gasteiger partial charge is 0.493 e. The number of carbonyl (C=O) groups is 1. The first-order valence-electron chi connectivity index (χ1n) is 5.74. The summed E-state index contributed by atoms with van der Waals surface area (Å²) in [5.74, 6) is 1.04. The fourth-order valence-electron chi connectivity index (χ4n) is 1.64. The normalized spacial score (nSPS) is 16.6. The topological polar surface area (TPSA) is 71.4 Å². The number of rotatable bonds is 4. The molecule has 1 aliphatic heterocycles. The van der Waals surface area contributed by atoms with Crippen molar-refractivity contribution in [2.75, 3.05) is 13.7 Å². The van der Waals surface area contributed by atoms with Gasteiger partial charge in [0.1, 0.15) is 0 Å². The molecule has 0 spiro atoms. The number of amides is 1. The molecule has 0 aliphatic carbocycles. The van der Waals surface area contributed by atoms with Crippen molar-refractivity contribution < 1.29 is 14.3 Å². The van der Waals surface area contributed by atoms with Crippen LogP contribution in [0.15, 0.2) is 23.1 Å². The van der Waals surface area contributed by atoms with E-state index in [1.54, 1.807) is 25.3 Å². The first-order valence-corrected chi connectivity index (χ1v) is 6.56. The summed E-state index contributed by atoms with van der Waals surface area (Å²) in [5.41, 5.74) is 0.827. The highest BCUT2D eigenvalue weighted by Gasteiger charge is 2.22. The van der Waals surface area contributed by atoms with Crippen molar-refractivity contribution >= 4 is 28.9 Å². The van der Waals surface area contributed by atoms with Gasteiger partial charge >= 0.3 is 0 Å². The molecule has 0 saturated carbocycles. The van der Waals surface area contributed by atoms with Crippen molar-refractivity contribution in [3.8, 4) is 11.5 Å². The van der Waals surface area contributed by atoms with Crippen LogP contribution in [0.25, 0.3) is 6.08 Å². The maximum Gasteiger partial charge on any atom is 0.264 e. The number of ether oxygens (including phenoxy) is 2. The maximum atomic E-state index is 11.5. The van der Waals surface area contributed by atoms with E-state index in [9.17, 15) is 4.79 Å². The zero-order chi connectivity index (χ0) is 13.8. The highest BCUT2D eigenvalue weighted by molar-refractivity contribution is 8.18. The van der Waals surface area contributed by atoms with Crippen molar-refractivity contribution in [1.29, 1.82) is 5.41 Å². The predicted molar refractivity (Wildman–Crippen MR) is 75.6 cm³/mol. The van der Waals surface area contributed by atoms with E-state index in [1.807, 2.05) is 13.0 Å². The van der Waals surface area contributed by atoms with Gasteiger partial charge in [0.05, 0.1) is 18.6 Å². The Morgan fingerprint density at radius 2 is 2.21 bits per heavy atom. The molecule has 1 saturated heterocycles. The van der Waals surface area contributed by atoms with Crippen LogP contribution >= 0.6 is 11.8 Å². The third-order valence-electron chi connectivity index (χ3n) is 2.45. The zero-order valence-electron chi connectivity index (χ0n) is 10.6. The number of methoxy groups -OCH3 is 1. The molecule has 0 unspecified atom stereocenters. The molecule has 6 heteroatoms. The van der Waals surface area contributed by atoms with Gasteiger partial charge in [0, 0.05) is 0 Å². The third kappa shape index (κ3) is 3.08. The van der Waals surface area contributed by atoms with E-state index < -0.39 is 0 Å². The summed E-state index contributed by atoms with van der Waals surface area (Å²) >= 11 is 1.11. The monoisotopic (exact) mass is 278 g/mol. The number of carbonyl (C=O) groups excluding carboxylic acids is 1. The Morgan fingerprint density at radius 1 is 1.42 bits per heavy atom. The number of hydrogen-bond acceptors (Lipinski definition) is 5. The second kappa shape index (κ2) is 5.79. The minimum Gasteiger partial charge on any atom is -0.493 e. The Kier molecular flexibility index (Phi) is 4.11. The fraction of sp³-hybridized carbons (Fsp3) is 0.231. The number of nitrogens with one attached hydrogen (secondary N) is 2. The molecule has 1 aromatic rings. The highest BCUT2D eigenvalue weighted by Crippen LogP contribution is 2.31. The van der Waals surface area contributed by atoms with Crippen molar-refractivity contribution in [2.24, 2.45) is 0 Å².